The lowest BCUT2D eigenvalue weighted by atomic mass is 9.81. The summed E-state index contributed by atoms with van der Waals surface area (Å²) in [6.45, 7) is 4.77. The number of methoxy groups -OCH3 is 2. The summed E-state index contributed by atoms with van der Waals surface area (Å²) in [7, 11) is 4.17. The Labute approximate surface area is 634 Å². The van der Waals surface area contributed by atoms with Gasteiger partial charge in [0.2, 0.25) is 11.8 Å². The molecule has 0 spiro atoms. The van der Waals surface area contributed by atoms with Gasteiger partial charge in [0.15, 0.2) is 29.1 Å². The zero-order valence-electron chi connectivity index (χ0n) is 61.3. The fourth-order valence-corrected chi connectivity index (χ4v) is 14.6. The molecule has 6 aromatic rings. The first kappa shape index (κ1) is 79.3. The van der Waals surface area contributed by atoms with E-state index in [0.717, 1.165) is 28.2 Å². The number of halogens is 1. The minimum Gasteiger partial charge on any atom is -0.503 e. The number of likely N-dealkylation sites (N-methyl/N-ethyl adjacent to an activating group) is 1. The molecule has 5 atom stereocenters. The van der Waals surface area contributed by atoms with E-state index < -0.39 is 95.8 Å². The molecule has 11 rings (SSSR count). The molecule has 37 heteroatoms. The minimum atomic E-state index is -1.18. The van der Waals surface area contributed by atoms with Gasteiger partial charge in [-0.3, -0.25) is 38.6 Å². The van der Waals surface area contributed by atoms with Gasteiger partial charge >= 0.3 is 30.3 Å². The number of H-pyrrole nitrogens is 3. The molecule has 4 aliphatic heterocycles. The topological polar surface area (TPSA) is 480 Å². The molecule has 36 nitrogen and oxygen atoms in total. The molecule has 0 bridgehead atoms. The van der Waals surface area contributed by atoms with Gasteiger partial charge in [-0.25, -0.2) is 24.0 Å². The van der Waals surface area contributed by atoms with Gasteiger partial charge in [-0.05, 0) is 96.7 Å². The van der Waals surface area contributed by atoms with Crippen LogP contribution in [0.15, 0.2) is 66.5 Å². The van der Waals surface area contributed by atoms with Gasteiger partial charge < -0.3 is 116 Å². The number of aliphatic hydroxyl groups is 1. The van der Waals surface area contributed by atoms with E-state index in [-0.39, 0.29) is 175 Å². The number of phenolic OH excluding ortho intramolecular Hbond substituents is 2. The Morgan fingerprint density at radius 1 is 0.755 bits per heavy atom. The summed E-state index contributed by atoms with van der Waals surface area (Å²) in [5.74, 6) is -5.07. The first-order valence-corrected chi connectivity index (χ1v) is 36.2. The van der Waals surface area contributed by atoms with E-state index in [1.54, 1.807) is 67.4 Å². The van der Waals surface area contributed by atoms with Crippen LogP contribution < -0.4 is 52.0 Å². The average molecular weight is 1550 g/mol. The Bertz CT molecular complexity index is 4610. The van der Waals surface area contributed by atoms with E-state index in [1.807, 2.05) is 6.92 Å². The maximum Gasteiger partial charge on any atom is 0.410 e. The van der Waals surface area contributed by atoms with Crippen LogP contribution in [0.1, 0.15) is 93.2 Å². The number of aryl methyl sites for hydroxylation is 1. The summed E-state index contributed by atoms with van der Waals surface area (Å²) in [5, 5.41) is 44.2. The van der Waals surface area contributed by atoms with Crippen molar-refractivity contribution < 1.29 is 101 Å². The number of carbonyl (C=O) groups is 11. The van der Waals surface area contributed by atoms with E-state index in [1.165, 1.54) is 40.9 Å². The van der Waals surface area contributed by atoms with Gasteiger partial charge in [-0.1, -0.05) is 26.0 Å². The van der Waals surface area contributed by atoms with Gasteiger partial charge in [0.25, 0.3) is 23.6 Å². The molecule has 1 aliphatic carbocycles. The molecule has 110 heavy (non-hydrogen) atoms. The standard InChI is InChI=1S/C73H88ClN15O21/c1-37(2)55(83-71(101)108-29-28-107-26-23-86-51(91)13-14-52(86)92)66(96)82-46(8-7-17-77-69(75)99)65(95)79-41-11-9-39(10-12-41)36-109-72(102)84(4)20-21-85(22-25-106-27-24-90)73(103)110-50-32-49-54(53-38(3)34-78-58(50)53)40(33-74)35-89(49)68(98)48-31-44-42-15-18-87(59(42)61(93)63(104-5)56(44)81-48)67(97)47-30-45-43-16-19-88(70(76)100)60(43)62(94)64(105-6)57(45)80-47/h9-14,30-32,34,37,40,46,50,54-55,78,80-81,90,93-94H,7-8,15-29,33,35-36H2,1-6H3,(H2,76,100)(H,79,95)(H,82,96)(H,83,101)(H3,75,77,99)/t40-,46+,50?,54?,55+/m1/s1. The number of urea groups is 2. The van der Waals surface area contributed by atoms with Gasteiger partial charge in [0.1, 0.15) is 36.7 Å². The summed E-state index contributed by atoms with van der Waals surface area (Å²) in [4.78, 5) is 163. The number of nitrogens with zero attached hydrogens (tertiary/aromatic N) is 6. The summed E-state index contributed by atoms with van der Waals surface area (Å²) < 4.78 is 39.5. The maximum absolute atomic E-state index is 15.2. The van der Waals surface area contributed by atoms with Crippen molar-refractivity contribution in [3.05, 3.63) is 111 Å². The maximum atomic E-state index is 15.2. The van der Waals surface area contributed by atoms with Crippen molar-refractivity contribution in [2.24, 2.45) is 23.3 Å². The van der Waals surface area contributed by atoms with Gasteiger partial charge in [-0.15, -0.1) is 11.6 Å². The first-order chi connectivity index (χ1) is 52.8. The zero-order valence-corrected chi connectivity index (χ0v) is 62.0. The largest absolute Gasteiger partial charge is 0.503 e. The third-order valence-corrected chi connectivity index (χ3v) is 20.2. The number of nitrogens with one attached hydrogen (secondary N) is 7. The van der Waals surface area contributed by atoms with Crippen LogP contribution in [0.25, 0.3) is 21.8 Å². The molecule has 7 heterocycles. The number of hydrogen-bond acceptors (Lipinski definition) is 21. The summed E-state index contributed by atoms with van der Waals surface area (Å²) in [6.07, 6.45) is 3.02. The predicted molar refractivity (Wildman–Crippen MR) is 396 cm³/mol. The lowest BCUT2D eigenvalue weighted by molar-refractivity contribution is -0.137. The van der Waals surface area contributed by atoms with E-state index in [2.05, 4.69) is 36.2 Å². The van der Waals surface area contributed by atoms with Gasteiger partial charge in [-0.2, -0.15) is 0 Å². The molecule has 14 N–H and O–H groups in total. The Kier molecular flexibility index (Phi) is 25.0. The molecule has 0 saturated carbocycles. The smallest absolute Gasteiger partial charge is 0.410 e. The Morgan fingerprint density at radius 2 is 1.38 bits per heavy atom. The second kappa shape index (κ2) is 34.6. The van der Waals surface area contributed by atoms with Crippen molar-refractivity contribution in [2.75, 3.05) is 134 Å². The number of amides is 13. The van der Waals surface area contributed by atoms with Crippen molar-refractivity contribution in [3.8, 4) is 23.0 Å². The summed E-state index contributed by atoms with van der Waals surface area (Å²) >= 11 is 6.75. The van der Waals surface area contributed by atoms with Crippen LogP contribution >= 0.6 is 11.6 Å². The Hall–Kier alpha value is -11.8. The molecule has 1 saturated heterocycles. The number of aliphatic hydroxyl groups excluding tert-OH is 1. The molecule has 1 fully saturated rings. The number of phenols is 2. The molecular formula is C73H88ClN15O21. The minimum absolute atomic E-state index is 0.0000896. The molecular weight excluding hydrogens is 1460 g/mol. The highest BCUT2D eigenvalue weighted by Gasteiger charge is 2.48. The van der Waals surface area contributed by atoms with Crippen molar-refractivity contribution in [1.82, 2.24) is 50.5 Å². The number of aromatic hydroxyl groups is 2. The van der Waals surface area contributed by atoms with Crippen molar-refractivity contribution in [1.29, 1.82) is 0 Å². The molecule has 588 valence electrons. The molecule has 5 aliphatic rings. The van der Waals surface area contributed by atoms with Crippen molar-refractivity contribution in [2.45, 2.75) is 77.2 Å². The number of allylic oxidation sites excluding steroid dienone is 1. The number of likely N-dealkylation sites (tertiary alicyclic amines) is 1. The number of nitrogens with two attached hydrogens (primary N) is 2. The molecule has 0 radical (unpaired) electrons. The summed E-state index contributed by atoms with van der Waals surface area (Å²) in [5.41, 5.74) is 16.7. The van der Waals surface area contributed by atoms with Crippen LogP contribution in [0.2, 0.25) is 0 Å². The molecule has 3 aromatic carbocycles. The second-order valence-electron chi connectivity index (χ2n) is 27.1. The van der Waals surface area contributed by atoms with E-state index >= 15 is 4.79 Å². The Balaban J connectivity index is 0.722. The number of primary amides is 2. The van der Waals surface area contributed by atoms with Crippen LogP contribution in [-0.4, -0.2) is 247 Å². The van der Waals surface area contributed by atoms with Crippen molar-refractivity contribution in [3.63, 3.8) is 0 Å². The number of alkyl carbamates (subject to hydrolysis) is 1. The molecule has 3 aromatic heterocycles. The first-order valence-electron chi connectivity index (χ1n) is 35.6. The zero-order chi connectivity index (χ0) is 78.9. The monoisotopic (exact) mass is 1550 g/mol. The third kappa shape index (κ3) is 16.8. The van der Waals surface area contributed by atoms with Crippen molar-refractivity contribution >= 4 is 116 Å². The third-order valence-electron chi connectivity index (χ3n) is 19.8. The highest BCUT2D eigenvalue weighted by Crippen LogP contribution is 2.54. The number of ether oxygens (including phenoxy) is 7. The average Bonchev–Trinajstić information content (AvgIpc) is 1.58. The fourth-order valence-electron chi connectivity index (χ4n) is 14.3. The number of benzene rings is 3. The Morgan fingerprint density at radius 3 is 1.99 bits per heavy atom. The molecule has 13 amide bonds. The number of fused-ring (bicyclic) bond motifs is 9. The van der Waals surface area contributed by atoms with E-state index in [9.17, 15) is 63.3 Å². The number of aromatic amines is 3. The number of anilines is 3. The summed E-state index contributed by atoms with van der Waals surface area (Å²) in [6, 6.07) is 5.65. The predicted octanol–water partition coefficient (Wildman–Crippen LogP) is 4.67. The number of alkyl halides is 1. The van der Waals surface area contributed by atoms with Gasteiger partial charge in [0, 0.05) is 111 Å². The van der Waals surface area contributed by atoms with Gasteiger partial charge in [0.05, 0.1) is 81.9 Å². The van der Waals surface area contributed by atoms with E-state index in [0.29, 0.717) is 62.0 Å². The number of hydrogen-bond donors (Lipinski definition) is 12. The fraction of sp³-hybridized carbons (Fsp3) is 0.438. The second-order valence-corrected chi connectivity index (χ2v) is 27.4. The number of aromatic nitrogens is 3. The van der Waals surface area contributed by atoms with Crippen LogP contribution in [0.4, 0.5) is 41.0 Å². The van der Waals surface area contributed by atoms with Crippen LogP contribution in [0.3, 0.4) is 0 Å². The number of carbonyl (C=O) groups excluding carboxylic acids is 11. The highest BCUT2D eigenvalue weighted by atomic mass is 35.5. The lowest BCUT2D eigenvalue weighted by Crippen LogP contribution is -2.54. The molecule has 2 unspecified atom stereocenters. The SMILES string of the molecule is COc1c(O)c2c(c3cc(C(=O)N4CCc5c4c(O)c(OC)c4[nH]c(C(=O)N6C[C@@H](CCl)C7C6=CC(OC(=O)N(CCOCCO)CCN(C)C(=O)OCc6ccc(NC(=O)[C@H](CCCNC(N)=O)NC(=O)[C@@H](NC(=O)OCCOCCN8C(=O)C=CC8=O)C(C)C)cc6)c6[nH]cc(C)c67)cc54)[nH]c13)CCN2C(N)=O. The normalized spacial score (nSPS) is 16.6. The van der Waals surface area contributed by atoms with Crippen LogP contribution in [0.5, 0.6) is 23.0 Å². The van der Waals surface area contributed by atoms with Crippen LogP contribution in [0, 0.1) is 18.8 Å². The number of imide groups is 1. The van der Waals surface area contributed by atoms with E-state index in [4.69, 9.17) is 56.2 Å². The lowest BCUT2D eigenvalue weighted by Gasteiger charge is -2.31. The van der Waals surface area contributed by atoms with Crippen LogP contribution in [-0.2, 0) is 62.3 Å². The quantitative estimate of drug-likeness (QED) is 0.0118. The number of rotatable bonds is 32. The highest BCUT2D eigenvalue weighted by molar-refractivity contribution is 6.18.